The molecule has 0 aromatic carbocycles. The van der Waals surface area contributed by atoms with Gasteiger partial charge in [-0.15, -0.1) is 0 Å². The van der Waals surface area contributed by atoms with Crippen LogP contribution in [0.2, 0.25) is 0 Å². The highest BCUT2D eigenvalue weighted by Crippen LogP contribution is 2.31. The predicted molar refractivity (Wildman–Crippen MR) is 37.1 cm³/mol. The van der Waals surface area contributed by atoms with Crippen LogP contribution in [-0.2, 0) is 18.9 Å². The standard InChI is InChI=1S/C4H8NO6P/c1-11-4(7)3(6)5-2-12(8,9)10/h2H2,1H3,(H,5,6)(H2,8,9,10). The third-order valence-electron chi connectivity index (χ3n) is 0.816. The molecule has 0 unspecified atom stereocenters. The van der Waals surface area contributed by atoms with Crippen LogP contribution in [0.3, 0.4) is 0 Å². The minimum atomic E-state index is -4.31. The Labute approximate surface area is 67.9 Å². The van der Waals surface area contributed by atoms with Gasteiger partial charge in [0.15, 0.2) is 0 Å². The van der Waals surface area contributed by atoms with Crippen molar-refractivity contribution in [3.8, 4) is 0 Å². The Balaban J connectivity index is 3.89. The molecule has 0 saturated carbocycles. The van der Waals surface area contributed by atoms with Gasteiger partial charge in [-0.3, -0.25) is 9.36 Å². The van der Waals surface area contributed by atoms with Gasteiger partial charge in [0.05, 0.1) is 7.11 Å². The van der Waals surface area contributed by atoms with Gasteiger partial charge in [0.25, 0.3) is 0 Å². The first-order valence-electron chi connectivity index (χ1n) is 2.77. The SMILES string of the molecule is COC(=O)C(=O)NCP(=O)(O)O. The molecule has 0 spiro atoms. The zero-order valence-electron chi connectivity index (χ0n) is 6.18. The lowest BCUT2D eigenvalue weighted by Gasteiger charge is -2.04. The number of hydrogen-bond donors (Lipinski definition) is 3. The molecule has 0 saturated heterocycles. The number of carbonyl (C=O) groups is 2. The number of ether oxygens (including phenoxy) is 1. The Hall–Kier alpha value is -0.910. The Morgan fingerprint density at radius 2 is 2.00 bits per heavy atom. The molecule has 0 aromatic heterocycles. The summed E-state index contributed by atoms with van der Waals surface area (Å²) in [6.45, 7) is 0. The normalized spacial score (nSPS) is 10.6. The van der Waals surface area contributed by atoms with Crippen molar-refractivity contribution < 1.29 is 28.7 Å². The first-order valence-corrected chi connectivity index (χ1v) is 4.57. The molecule has 0 aliphatic carbocycles. The number of rotatable bonds is 2. The second kappa shape index (κ2) is 4.20. The third kappa shape index (κ3) is 4.84. The first kappa shape index (κ1) is 11.1. The van der Waals surface area contributed by atoms with Gasteiger partial charge in [0, 0.05) is 0 Å². The highest BCUT2D eigenvalue weighted by molar-refractivity contribution is 7.51. The van der Waals surface area contributed by atoms with E-state index < -0.39 is 25.8 Å². The molecular weight excluding hydrogens is 189 g/mol. The second-order valence-electron chi connectivity index (χ2n) is 1.82. The minimum absolute atomic E-state index is 0.874. The fourth-order valence-electron chi connectivity index (χ4n) is 0.340. The van der Waals surface area contributed by atoms with Crippen molar-refractivity contribution in [3.05, 3.63) is 0 Å². The lowest BCUT2D eigenvalue weighted by atomic mass is 10.6. The summed E-state index contributed by atoms with van der Waals surface area (Å²) in [5.74, 6) is -2.37. The quantitative estimate of drug-likeness (QED) is 0.279. The molecule has 0 aliphatic rings. The second-order valence-corrected chi connectivity index (χ2v) is 3.47. The topological polar surface area (TPSA) is 113 Å². The van der Waals surface area contributed by atoms with Crippen molar-refractivity contribution in [1.82, 2.24) is 5.32 Å². The summed E-state index contributed by atoms with van der Waals surface area (Å²) in [4.78, 5) is 37.4. The lowest BCUT2D eigenvalue weighted by molar-refractivity contribution is -0.152. The summed E-state index contributed by atoms with van der Waals surface area (Å²) in [6.07, 6.45) is -0.874. The highest BCUT2D eigenvalue weighted by Gasteiger charge is 2.18. The summed E-state index contributed by atoms with van der Waals surface area (Å²) in [5, 5.41) is 1.70. The van der Waals surface area contributed by atoms with Crippen molar-refractivity contribution >= 4 is 19.5 Å². The van der Waals surface area contributed by atoms with Crippen LogP contribution in [0.15, 0.2) is 0 Å². The van der Waals surface area contributed by atoms with Crippen LogP contribution >= 0.6 is 7.60 Å². The average molecular weight is 197 g/mol. The van der Waals surface area contributed by atoms with Gasteiger partial charge in [-0.05, 0) is 0 Å². The molecule has 0 radical (unpaired) electrons. The number of nitrogens with one attached hydrogen (secondary N) is 1. The maximum atomic E-state index is 10.5. The van der Waals surface area contributed by atoms with E-state index in [1.165, 1.54) is 0 Å². The molecule has 0 bridgehead atoms. The Bertz CT molecular complexity index is 232. The van der Waals surface area contributed by atoms with Crippen molar-refractivity contribution in [3.63, 3.8) is 0 Å². The van der Waals surface area contributed by atoms with E-state index in [-0.39, 0.29) is 0 Å². The van der Waals surface area contributed by atoms with Crippen LogP contribution in [0.1, 0.15) is 0 Å². The van der Waals surface area contributed by atoms with Crippen LogP contribution in [0.4, 0.5) is 0 Å². The van der Waals surface area contributed by atoms with E-state index in [4.69, 9.17) is 9.79 Å². The van der Waals surface area contributed by atoms with Gasteiger partial charge in [-0.2, -0.15) is 0 Å². The van der Waals surface area contributed by atoms with Crippen molar-refractivity contribution in [2.75, 3.05) is 13.4 Å². The van der Waals surface area contributed by atoms with Crippen LogP contribution in [0.25, 0.3) is 0 Å². The van der Waals surface area contributed by atoms with Crippen molar-refractivity contribution in [2.45, 2.75) is 0 Å². The summed E-state index contributed by atoms with van der Waals surface area (Å²) in [6, 6.07) is 0. The van der Waals surface area contributed by atoms with Crippen molar-refractivity contribution in [2.24, 2.45) is 0 Å². The van der Waals surface area contributed by atoms with Crippen LogP contribution in [-0.4, -0.2) is 35.1 Å². The first-order chi connectivity index (χ1) is 5.37. The van der Waals surface area contributed by atoms with Crippen molar-refractivity contribution in [1.29, 1.82) is 0 Å². The van der Waals surface area contributed by atoms with E-state index >= 15 is 0 Å². The van der Waals surface area contributed by atoms with Gasteiger partial charge in [0.1, 0.15) is 6.29 Å². The summed E-state index contributed by atoms with van der Waals surface area (Å²) in [5.41, 5.74) is 0. The molecule has 0 atom stereocenters. The zero-order valence-corrected chi connectivity index (χ0v) is 7.08. The van der Waals surface area contributed by atoms with E-state index in [0.29, 0.717) is 0 Å². The number of hydrogen-bond acceptors (Lipinski definition) is 4. The molecule has 12 heavy (non-hydrogen) atoms. The Morgan fingerprint density at radius 3 is 2.33 bits per heavy atom. The summed E-state index contributed by atoms with van der Waals surface area (Å²) >= 11 is 0. The molecular formula is C4H8NO6P. The number of esters is 1. The fraction of sp³-hybridized carbons (Fsp3) is 0.500. The molecule has 3 N–H and O–H groups in total. The molecule has 0 aromatic rings. The molecule has 7 nitrogen and oxygen atoms in total. The average Bonchev–Trinajstić information content (AvgIpc) is 1.97. The molecule has 0 heterocycles. The molecule has 0 aliphatic heterocycles. The predicted octanol–water partition coefficient (Wildman–Crippen LogP) is -1.59. The number of amides is 1. The maximum absolute atomic E-state index is 10.5. The lowest BCUT2D eigenvalue weighted by Crippen LogP contribution is -2.32. The minimum Gasteiger partial charge on any atom is -0.462 e. The Morgan fingerprint density at radius 1 is 1.50 bits per heavy atom. The zero-order chi connectivity index (χ0) is 9.78. The monoisotopic (exact) mass is 197 g/mol. The molecule has 70 valence electrons. The third-order valence-corrected chi connectivity index (χ3v) is 1.39. The van der Waals surface area contributed by atoms with E-state index in [9.17, 15) is 14.2 Å². The smallest absolute Gasteiger partial charge is 0.396 e. The van der Waals surface area contributed by atoms with Crippen LogP contribution < -0.4 is 5.32 Å². The maximum Gasteiger partial charge on any atom is 0.396 e. The van der Waals surface area contributed by atoms with E-state index in [0.717, 1.165) is 7.11 Å². The van der Waals surface area contributed by atoms with Gasteiger partial charge < -0.3 is 19.8 Å². The molecule has 1 amide bonds. The largest absolute Gasteiger partial charge is 0.462 e. The highest BCUT2D eigenvalue weighted by atomic mass is 31.2. The summed E-state index contributed by atoms with van der Waals surface area (Å²) in [7, 11) is -3.32. The van der Waals surface area contributed by atoms with E-state index in [2.05, 4.69) is 4.74 Å². The fourth-order valence-corrected chi connectivity index (χ4v) is 0.689. The van der Waals surface area contributed by atoms with Gasteiger partial charge in [-0.1, -0.05) is 0 Å². The van der Waals surface area contributed by atoms with Gasteiger partial charge >= 0.3 is 19.5 Å². The van der Waals surface area contributed by atoms with E-state index in [1.807, 2.05) is 0 Å². The number of methoxy groups -OCH3 is 1. The molecule has 8 heteroatoms. The summed E-state index contributed by atoms with van der Waals surface area (Å²) < 4.78 is 14.1. The van der Waals surface area contributed by atoms with E-state index in [1.54, 1.807) is 5.32 Å². The molecule has 0 fully saturated rings. The number of carbonyl (C=O) groups excluding carboxylic acids is 2. The van der Waals surface area contributed by atoms with Gasteiger partial charge in [0.2, 0.25) is 0 Å². The Kier molecular flexibility index (Phi) is 3.88. The van der Waals surface area contributed by atoms with Crippen LogP contribution in [0, 0.1) is 0 Å². The van der Waals surface area contributed by atoms with Gasteiger partial charge in [-0.25, -0.2) is 4.79 Å². The molecule has 0 rings (SSSR count). The van der Waals surface area contributed by atoms with Crippen LogP contribution in [0.5, 0.6) is 0 Å².